The van der Waals surface area contributed by atoms with Crippen molar-refractivity contribution in [2.75, 3.05) is 26.7 Å². The van der Waals surface area contributed by atoms with E-state index in [0.717, 1.165) is 34.4 Å². The summed E-state index contributed by atoms with van der Waals surface area (Å²) in [6.45, 7) is 5.28. The van der Waals surface area contributed by atoms with E-state index >= 15 is 0 Å². The van der Waals surface area contributed by atoms with Gasteiger partial charge in [0.2, 0.25) is 11.8 Å². The Morgan fingerprint density at radius 3 is 2.54 bits per heavy atom. The molecule has 2 N–H and O–H groups in total. The molecule has 4 rings (SSSR count). The molecule has 39 heavy (non-hydrogen) atoms. The highest BCUT2D eigenvalue weighted by Crippen LogP contribution is 2.31. The molecule has 0 aromatic heterocycles. The number of benzene rings is 3. The van der Waals surface area contributed by atoms with Gasteiger partial charge in [-0.25, -0.2) is 0 Å². The minimum absolute atomic E-state index is 0. The molecule has 1 aliphatic rings. The number of ether oxygens (including phenoxy) is 1. The van der Waals surface area contributed by atoms with Gasteiger partial charge in [0, 0.05) is 44.1 Å². The fourth-order valence-corrected chi connectivity index (χ4v) is 5.16. The molecule has 1 heterocycles. The second-order valence-corrected chi connectivity index (χ2v) is 9.71. The predicted octanol–water partition coefficient (Wildman–Crippen LogP) is 4.57. The van der Waals surface area contributed by atoms with E-state index in [1.54, 1.807) is 7.11 Å². The summed E-state index contributed by atoms with van der Waals surface area (Å²) in [4.78, 5) is 25.9. The number of carbonyl (C=O) groups is 2. The van der Waals surface area contributed by atoms with Crippen molar-refractivity contribution in [3.05, 3.63) is 89.0 Å². The lowest BCUT2D eigenvalue weighted by atomic mass is 9.85. The van der Waals surface area contributed by atoms with Crippen LogP contribution < -0.4 is 15.4 Å². The zero-order valence-electron chi connectivity index (χ0n) is 22.6. The molecule has 3 aromatic carbocycles. The second kappa shape index (κ2) is 13.8. The van der Waals surface area contributed by atoms with E-state index < -0.39 is 0 Å². The molecule has 7 nitrogen and oxygen atoms in total. The Labute approximate surface area is 236 Å². The van der Waals surface area contributed by atoms with Crippen molar-refractivity contribution in [3.8, 4) is 22.9 Å². The largest absolute Gasteiger partial charge is 0.496 e. The van der Waals surface area contributed by atoms with Crippen LogP contribution in [0.4, 0.5) is 0 Å². The van der Waals surface area contributed by atoms with Gasteiger partial charge in [-0.2, -0.15) is 5.26 Å². The average Bonchev–Trinajstić information content (AvgIpc) is 2.94. The average molecular weight is 547 g/mol. The molecule has 8 heteroatoms. The van der Waals surface area contributed by atoms with Gasteiger partial charge < -0.3 is 20.3 Å². The number of rotatable bonds is 8. The summed E-state index contributed by atoms with van der Waals surface area (Å²) in [5.41, 5.74) is 6.08. The molecule has 1 fully saturated rings. The van der Waals surface area contributed by atoms with Gasteiger partial charge in [-0.15, -0.1) is 12.4 Å². The predicted molar refractivity (Wildman–Crippen MR) is 155 cm³/mol. The third kappa shape index (κ3) is 7.38. The normalized spacial score (nSPS) is 16.5. The van der Waals surface area contributed by atoms with E-state index in [2.05, 4.69) is 34.9 Å². The number of amides is 2. The van der Waals surface area contributed by atoms with E-state index in [0.29, 0.717) is 25.2 Å². The molecule has 0 unspecified atom stereocenters. The Balaban J connectivity index is 0.00000420. The molecule has 2 atom stereocenters. The van der Waals surface area contributed by atoms with E-state index in [-0.39, 0.29) is 42.7 Å². The van der Waals surface area contributed by atoms with Crippen LogP contribution in [0.2, 0.25) is 0 Å². The number of nitrogens with one attached hydrogen (secondary N) is 2. The number of likely N-dealkylation sites (tertiary alicyclic amines) is 1. The van der Waals surface area contributed by atoms with E-state index in [1.807, 2.05) is 60.4 Å². The molecule has 0 radical (unpaired) electrons. The fraction of sp³-hybridized carbons (Fsp3) is 0.323. The molecule has 2 amide bonds. The Morgan fingerprint density at radius 1 is 1.10 bits per heavy atom. The van der Waals surface area contributed by atoms with Crippen LogP contribution in [0.15, 0.2) is 66.7 Å². The van der Waals surface area contributed by atoms with Crippen LogP contribution in [-0.4, -0.2) is 49.5 Å². The number of methoxy groups -OCH3 is 1. The van der Waals surface area contributed by atoms with E-state index in [4.69, 9.17) is 4.74 Å². The lowest BCUT2D eigenvalue weighted by Gasteiger charge is -2.39. The lowest BCUT2D eigenvalue weighted by molar-refractivity contribution is -0.133. The first-order valence-electron chi connectivity index (χ1n) is 12.9. The van der Waals surface area contributed by atoms with Gasteiger partial charge in [-0.1, -0.05) is 42.5 Å². The first-order chi connectivity index (χ1) is 18.4. The highest BCUT2D eigenvalue weighted by molar-refractivity contribution is 5.85. The monoisotopic (exact) mass is 546 g/mol. The quantitative estimate of drug-likeness (QED) is 0.431. The number of hydrogen-bond acceptors (Lipinski definition) is 5. The van der Waals surface area contributed by atoms with E-state index in [9.17, 15) is 14.9 Å². The number of nitrogens with zero attached hydrogens (tertiary/aromatic N) is 2. The second-order valence-electron chi connectivity index (χ2n) is 9.71. The van der Waals surface area contributed by atoms with Gasteiger partial charge in [0.1, 0.15) is 5.75 Å². The number of carbonyl (C=O) groups excluding carboxylic acids is 2. The van der Waals surface area contributed by atoms with Gasteiger partial charge >= 0.3 is 0 Å². The zero-order valence-corrected chi connectivity index (χ0v) is 23.4. The number of halogens is 1. The Morgan fingerprint density at radius 2 is 1.87 bits per heavy atom. The van der Waals surface area contributed by atoms with Crippen LogP contribution >= 0.6 is 12.4 Å². The maximum absolute atomic E-state index is 12.7. The molecule has 204 valence electrons. The van der Waals surface area contributed by atoms with Gasteiger partial charge in [0.05, 0.1) is 25.3 Å². The highest BCUT2D eigenvalue weighted by Gasteiger charge is 2.32. The fourth-order valence-electron chi connectivity index (χ4n) is 5.16. The molecule has 1 aliphatic heterocycles. The number of aryl methyl sites for hydroxylation is 1. The SMILES string of the molecule is COc1ccc(-c2ccc(C#N)cc2C)cc1CN[C@H]1CCN(C(=O)CNC(C)=O)C[C@H]1c1ccccc1.Cl. The Kier molecular flexibility index (Phi) is 10.5. The van der Waals surface area contributed by atoms with Crippen molar-refractivity contribution >= 4 is 24.2 Å². The van der Waals surface area contributed by atoms with Crippen molar-refractivity contribution in [1.29, 1.82) is 5.26 Å². The van der Waals surface area contributed by atoms with Crippen LogP contribution in [0, 0.1) is 18.3 Å². The van der Waals surface area contributed by atoms with Gasteiger partial charge in [-0.05, 0) is 59.9 Å². The van der Waals surface area contributed by atoms with Crippen LogP contribution in [0.3, 0.4) is 0 Å². The first kappa shape index (κ1) is 29.7. The lowest BCUT2D eigenvalue weighted by Crippen LogP contribution is -2.51. The molecule has 3 aromatic rings. The van der Waals surface area contributed by atoms with Gasteiger partial charge in [-0.3, -0.25) is 9.59 Å². The molecule has 0 spiro atoms. The highest BCUT2D eigenvalue weighted by atomic mass is 35.5. The molecule has 0 bridgehead atoms. The minimum atomic E-state index is -0.207. The third-order valence-electron chi connectivity index (χ3n) is 7.18. The van der Waals surface area contributed by atoms with Crippen molar-refractivity contribution in [1.82, 2.24) is 15.5 Å². The van der Waals surface area contributed by atoms with Crippen molar-refractivity contribution in [2.45, 2.75) is 38.8 Å². The van der Waals surface area contributed by atoms with Gasteiger partial charge in [0.25, 0.3) is 0 Å². The maximum atomic E-state index is 12.7. The summed E-state index contributed by atoms with van der Waals surface area (Å²) >= 11 is 0. The maximum Gasteiger partial charge on any atom is 0.241 e. The molecule has 1 saturated heterocycles. The number of nitriles is 1. The summed E-state index contributed by atoms with van der Waals surface area (Å²) in [5.74, 6) is 0.654. The summed E-state index contributed by atoms with van der Waals surface area (Å²) < 4.78 is 5.68. The smallest absolute Gasteiger partial charge is 0.241 e. The minimum Gasteiger partial charge on any atom is -0.496 e. The van der Waals surface area contributed by atoms with E-state index in [1.165, 1.54) is 12.5 Å². The van der Waals surface area contributed by atoms with Crippen LogP contribution in [0.1, 0.15) is 41.5 Å². The third-order valence-corrected chi connectivity index (χ3v) is 7.18. The molecular weight excluding hydrogens is 512 g/mol. The summed E-state index contributed by atoms with van der Waals surface area (Å²) in [5, 5.41) is 15.6. The standard InChI is InChI=1S/C31H34N4O3.ClH/c1-21-15-23(17-32)9-11-27(21)25-10-12-30(38-3)26(16-25)18-34-29-13-14-35(31(37)19-33-22(2)36)20-28(29)24-7-5-4-6-8-24;/h4-12,15-16,28-29,34H,13-14,18-20H2,1-3H3,(H,33,36);1H/t28-,29-;/m0./s1. The molecular formula is C31H35ClN4O3. The number of hydrogen-bond donors (Lipinski definition) is 2. The zero-order chi connectivity index (χ0) is 27.1. The Bertz CT molecular complexity index is 1340. The van der Waals surface area contributed by atoms with Crippen molar-refractivity contribution in [3.63, 3.8) is 0 Å². The number of piperidine rings is 1. The van der Waals surface area contributed by atoms with Gasteiger partial charge in [0.15, 0.2) is 0 Å². The molecule has 0 aliphatic carbocycles. The van der Waals surface area contributed by atoms with Crippen LogP contribution in [0.5, 0.6) is 5.75 Å². The first-order valence-corrected chi connectivity index (χ1v) is 12.9. The summed E-state index contributed by atoms with van der Waals surface area (Å²) in [7, 11) is 1.68. The molecule has 0 saturated carbocycles. The summed E-state index contributed by atoms with van der Waals surface area (Å²) in [6, 6.07) is 24.5. The topological polar surface area (TPSA) is 94.5 Å². The van der Waals surface area contributed by atoms with Crippen LogP contribution in [0.25, 0.3) is 11.1 Å². The van der Waals surface area contributed by atoms with Crippen molar-refractivity contribution < 1.29 is 14.3 Å². The van der Waals surface area contributed by atoms with Crippen molar-refractivity contribution in [2.24, 2.45) is 0 Å². The Hall–Kier alpha value is -3.86. The summed E-state index contributed by atoms with van der Waals surface area (Å²) in [6.07, 6.45) is 0.794. The van der Waals surface area contributed by atoms with Crippen LogP contribution in [-0.2, 0) is 16.1 Å².